The first-order valence-electron chi connectivity index (χ1n) is 9.11. The molecule has 3 aromatic rings. The predicted molar refractivity (Wildman–Crippen MR) is 101 cm³/mol. The van der Waals surface area contributed by atoms with Crippen molar-refractivity contribution < 1.29 is 14.1 Å². The van der Waals surface area contributed by atoms with Crippen molar-refractivity contribution in [2.45, 2.75) is 19.8 Å². The first kappa shape index (κ1) is 17.3. The molecular weight excluding hydrogens is 342 g/mol. The van der Waals surface area contributed by atoms with E-state index in [0.29, 0.717) is 23.0 Å². The molecule has 0 bridgehead atoms. The molecule has 1 aliphatic rings. The van der Waals surface area contributed by atoms with Gasteiger partial charge in [-0.1, -0.05) is 41.1 Å². The molecule has 2 heterocycles. The number of hydrogen-bond donors (Lipinski definition) is 0. The maximum atomic E-state index is 12.2. The van der Waals surface area contributed by atoms with Crippen molar-refractivity contribution in [3.8, 4) is 28.6 Å². The molecule has 6 heteroatoms. The summed E-state index contributed by atoms with van der Waals surface area (Å²) in [4.78, 5) is 18.6. The van der Waals surface area contributed by atoms with Gasteiger partial charge in [-0.05, 0) is 38.0 Å². The van der Waals surface area contributed by atoms with E-state index in [1.54, 1.807) is 0 Å². The molecule has 1 fully saturated rings. The number of rotatable bonds is 5. The monoisotopic (exact) mass is 363 g/mol. The molecular formula is C21H21N3O3. The average Bonchev–Trinajstić information content (AvgIpc) is 3.38. The summed E-state index contributed by atoms with van der Waals surface area (Å²) in [5.74, 6) is 1.46. The maximum absolute atomic E-state index is 12.2. The molecule has 0 N–H and O–H groups in total. The number of carbonyl (C=O) groups excluding carboxylic acids is 1. The number of hydrogen-bond acceptors (Lipinski definition) is 5. The van der Waals surface area contributed by atoms with E-state index in [4.69, 9.17) is 9.26 Å². The molecule has 6 nitrogen and oxygen atoms in total. The summed E-state index contributed by atoms with van der Waals surface area (Å²) in [6, 6.07) is 15.3. The number of benzene rings is 2. The van der Waals surface area contributed by atoms with Crippen molar-refractivity contribution in [1.82, 2.24) is 15.0 Å². The molecule has 0 spiro atoms. The molecule has 4 rings (SSSR count). The standard InChI is InChI=1S/C21H21N3O3/c1-15-7-6-8-16(13-15)20-22-21(27-23-20)17-9-2-3-10-18(17)26-14-19(25)24-11-4-5-12-24/h2-3,6-10,13H,4-5,11-12,14H2,1H3. The van der Waals surface area contributed by atoms with Crippen LogP contribution in [0.4, 0.5) is 0 Å². The van der Waals surface area contributed by atoms with Crippen molar-refractivity contribution in [2.75, 3.05) is 19.7 Å². The Balaban J connectivity index is 1.53. The lowest BCUT2D eigenvalue weighted by Crippen LogP contribution is -2.32. The zero-order valence-electron chi connectivity index (χ0n) is 15.2. The fraction of sp³-hybridized carbons (Fsp3) is 0.286. The van der Waals surface area contributed by atoms with Crippen molar-refractivity contribution in [3.63, 3.8) is 0 Å². The van der Waals surface area contributed by atoms with Gasteiger partial charge < -0.3 is 14.2 Å². The molecule has 1 saturated heterocycles. The summed E-state index contributed by atoms with van der Waals surface area (Å²) in [6.07, 6.45) is 2.12. The lowest BCUT2D eigenvalue weighted by Gasteiger charge is -2.16. The van der Waals surface area contributed by atoms with E-state index < -0.39 is 0 Å². The Labute approximate surface area is 157 Å². The van der Waals surface area contributed by atoms with Crippen molar-refractivity contribution in [1.29, 1.82) is 0 Å². The number of amides is 1. The molecule has 1 aliphatic heterocycles. The van der Waals surface area contributed by atoms with Crippen LogP contribution in [-0.4, -0.2) is 40.6 Å². The zero-order chi connectivity index (χ0) is 18.6. The van der Waals surface area contributed by atoms with Crippen LogP contribution in [0.25, 0.3) is 22.8 Å². The molecule has 0 atom stereocenters. The van der Waals surface area contributed by atoms with Gasteiger partial charge in [0.1, 0.15) is 5.75 Å². The van der Waals surface area contributed by atoms with E-state index in [2.05, 4.69) is 10.1 Å². The van der Waals surface area contributed by atoms with Crippen LogP contribution in [0.1, 0.15) is 18.4 Å². The molecule has 0 aliphatic carbocycles. The van der Waals surface area contributed by atoms with Crippen LogP contribution in [0.15, 0.2) is 53.1 Å². The maximum Gasteiger partial charge on any atom is 0.262 e. The molecule has 0 unspecified atom stereocenters. The minimum atomic E-state index is 0.00767. The molecule has 0 radical (unpaired) electrons. The SMILES string of the molecule is Cc1cccc(-c2noc(-c3ccccc3OCC(=O)N3CCCC3)n2)c1. The first-order chi connectivity index (χ1) is 13.2. The van der Waals surface area contributed by atoms with Gasteiger partial charge in [0.2, 0.25) is 5.82 Å². The van der Waals surface area contributed by atoms with Crippen molar-refractivity contribution in [2.24, 2.45) is 0 Å². The second-order valence-electron chi connectivity index (χ2n) is 6.67. The molecule has 2 aromatic carbocycles. The third-order valence-corrected chi connectivity index (χ3v) is 4.63. The van der Waals surface area contributed by atoms with Gasteiger partial charge in [0.05, 0.1) is 5.56 Å². The molecule has 0 saturated carbocycles. The number of aromatic nitrogens is 2. The van der Waals surface area contributed by atoms with Crippen LogP contribution < -0.4 is 4.74 Å². The Morgan fingerprint density at radius 2 is 1.96 bits per heavy atom. The summed E-state index contributed by atoms with van der Waals surface area (Å²) in [7, 11) is 0. The lowest BCUT2D eigenvalue weighted by molar-refractivity contribution is -0.132. The second kappa shape index (κ2) is 7.61. The second-order valence-corrected chi connectivity index (χ2v) is 6.67. The van der Waals surface area contributed by atoms with Gasteiger partial charge in [-0.15, -0.1) is 0 Å². The number of nitrogens with zero attached hydrogens (tertiary/aromatic N) is 3. The van der Waals surface area contributed by atoms with Gasteiger partial charge >= 0.3 is 0 Å². The number of ether oxygens (including phenoxy) is 1. The topological polar surface area (TPSA) is 68.5 Å². The van der Waals surface area contributed by atoms with Gasteiger partial charge in [0.15, 0.2) is 6.61 Å². The Morgan fingerprint density at radius 3 is 2.78 bits per heavy atom. The fourth-order valence-corrected chi connectivity index (χ4v) is 3.20. The van der Waals surface area contributed by atoms with E-state index in [1.807, 2.05) is 60.4 Å². The van der Waals surface area contributed by atoms with Gasteiger partial charge in [-0.25, -0.2) is 0 Å². The summed E-state index contributed by atoms with van der Waals surface area (Å²) in [5.41, 5.74) is 2.70. The number of likely N-dealkylation sites (tertiary alicyclic amines) is 1. The minimum Gasteiger partial charge on any atom is -0.483 e. The summed E-state index contributed by atoms with van der Waals surface area (Å²) in [6.45, 7) is 3.65. The summed E-state index contributed by atoms with van der Waals surface area (Å²) >= 11 is 0. The fourth-order valence-electron chi connectivity index (χ4n) is 3.20. The summed E-state index contributed by atoms with van der Waals surface area (Å²) in [5, 5.41) is 4.09. The normalized spacial score (nSPS) is 13.7. The van der Waals surface area contributed by atoms with Crippen molar-refractivity contribution >= 4 is 5.91 Å². The van der Waals surface area contributed by atoms with Crippen LogP contribution in [0.2, 0.25) is 0 Å². The third-order valence-electron chi connectivity index (χ3n) is 4.63. The molecule has 1 amide bonds. The first-order valence-corrected chi connectivity index (χ1v) is 9.11. The van der Waals surface area contributed by atoms with Crippen LogP contribution in [0, 0.1) is 6.92 Å². The van der Waals surface area contributed by atoms with Crippen molar-refractivity contribution in [3.05, 3.63) is 54.1 Å². The highest BCUT2D eigenvalue weighted by Crippen LogP contribution is 2.30. The Bertz CT molecular complexity index is 945. The van der Waals surface area contributed by atoms with E-state index in [1.165, 1.54) is 0 Å². The van der Waals surface area contributed by atoms with E-state index in [0.717, 1.165) is 37.1 Å². The number of para-hydroxylation sites is 1. The minimum absolute atomic E-state index is 0.00767. The Morgan fingerprint density at radius 1 is 1.15 bits per heavy atom. The van der Waals surface area contributed by atoms with Gasteiger partial charge in [0.25, 0.3) is 11.8 Å². The number of carbonyl (C=O) groups is 1. The number of aryl methyl sites for hydroxylation is 1. The van der Waals surface area contributed by atoms with E-state index >= 15 is 0 Å². The lowest BCUT2D eigenvalue weighted by atomic mass is 10.1. The van der Waals surface area contributed by atoms with Crippen LogP contribution in [0.3, 0.4) is 0 Å². The quantitative estimate of drug-likeness (QED) is 0.691. The van der Waals surface area contributed by atoms with Crippen LogP contribution in [0.5, 0.6) is 5.75 Å². The highest BCUT2D eigenvalue weighted by Gasteiger charge is 2.20. The van der Waals surface area contributed by atoms with Gasteiger partial charge in [0, 0.05) is 18.7 Å². The third kappa shape index (κ3) is 3.84. The Hall–Kier alpha value is -3.15. The predicted octanol–water partition coefficient (Wildman–Crippen LogP) is 3.71. The highest BCUT2D eigenvalue weighted by atomic mass is 16.5. The summed E-state index contributed by atoms with van der Waals surface area (Å²) < 4.78 is 11.2. The zero-order valence-corrected chi connectivity index (χ0v) is 15.2. The van der Waals surface area contributed by atoms with Gasteiger partial charge in [-0.3, -0.25) is 4.79 Å². The largest absolute Gasteiger partial charge is 0.483 e. The van der Waals surface area contributed by atoms with Gasteiger partial charge in [-0.2, -0.15) is 4.98 Å². The smallest absolute Gasteiger partial charge is 0.262 e. The molecule has 27 heavy (non-hydrogen) atoms. The highest BCUT2D eigenvalue weighted by molar-refractivity contribution is 5.78. The Kier molecular flexibility index (Phi) is 4.87. The van der Waals surface area contributed by atoms with E-state index in [9.17, 15) is 4.79 Å². The molecule has 1 aromatic heterocycles. The average molecular weight is 363 g/mol. The van der Waals surface area contributed by atoms with E-state index in [-0.39, 0.29) is 12.5 Å². The van der Waals surface area contributed by atoms with Crippen LogP contribution in [-0.2, 0) is 4.79 Å². The van der Waals surface area contributed by atoms with Crippen LogP contribution >= 0.6 is 0 Å². The molecule has 138 valence electrons.